The molecule has 0 aliphatic carbocycles. The summed E-state index contributed by atoms with van der Waals surface area (Å²) < 4.78 is 17.4. The standard InChI is InChI=1S/C54H32N2O2/c1-6-14-48-39(9-1)43-27-28-44-41-11-3-8-16-51(41)58-54(44)53(43)56(48)38-25-19-34(20-26-38)33-17-23-37(24-18-33)55-47-13-5-2-10-40(47)45-31-35(21-29-49(45)55)36-22-30-52-46(32-36)42-12-4-7-15-50(42)57-52/h1-32H. The van der Waals surface area contributed by atoms with E-state index < -0.39 is 0 Å². The predicted octanol–water partition coefficient (Wildman–Crippen LogP) is 15.0. The summed E-state index contributed by atoms with van der Waals surface area (Å²) in [5, 5.41) is 9.42. The van der Waals surface area contributed by atoms with Crippen LogP contribution in [-0.4, -0.2) is 9.13 Å². The Labute approximate surface area is 332 Å². The maximum atomic E-state index is 6.57. The molecule has 0 aliphatic heterocycles. The van der Waals surface area contributed by atoms with Gasteiger partial charge in [-0.1, -0.05) is 115 Å². The zero-order chi connectivity index (χ0) is 37.9. The van der Waals surface area contributed by atoms with Crippen molar-refractivity contribution in [3.63, 3.8) is 0 Å². The maximum absolute atomic E-state index is 6.57. The zero-order valence-electron chi connectivity index (χ0n) is 31.2. The molecule has 270 valence electrons. The first-order valence-corrected chi connectivity index (χ1v) is 19.7. The second-order valence-electron chi connectivity index (χ2n) is 15.3. The van der Waals surface area contributed by atoms with E-state index in [0.29, 0.717) is 0 Å². The molecule has 4 heteroatoms. The van der Waals surface area contributed by atoms with Gasteiger partial charge in [0.25, 0.3) is 0 Å². The molecule has 13 aromatic rings. The molecule has 0 fully saturated rings. The molecule has 0 bridgehead atoms. The number of rotatable bonds is 4. The summed E-state index contributed by atoms with van der Waals surface area (Å²) in [4.78, 5) is 0. The van der Waals surface area contributed by atoms with Crippen LogP contribution in [0.5, 0.6) is 0 Å². The molecule has 0 N–H and O–H groups in total. The van der Waals surface area contributed by atoms with Crippen LogP contribution in [0.4, 0.5) is 0 Å². The van der Waals surface area contributed by atoms with Crippen LogP contribution >= 0.6 is 0 Å². The fourth-order valence-corrected chi connectivity index (χ4v) is 9.44. The normalized spacial score (nSPS) is 12.1. The number of nitrogens with zero attached hydrogens (tertiary/aromatic N) is 2. The summed E-state index contributed by atoms with van der Waals surface area (Å²) in [6.45, 7) is 0. The molecule has 0 saturated heterocycles. The lowest BCUT2D eigenvalue weighted by Crippen LogP contribution is -1.95. The van der Waals surface area contributed by atoms with Crippen LogP contribution in [0.15, 0.2) is 203 Å². The molecule has 0 amide bonds. The molecule has 9 aromatic carbocycles. The van der Waals surface area contributed by atoms with Gasteiger partial charge in [-0.15, -0.1) is 0 Å². The highest BCUT2D eigenvalue weighted by atomic mass is 16.3. The van der Waals surface area contributed by atoms with Crippen molar-refractivity contribution in [1.82, 2.24) is 9.13 Å². The Morgan fingerprint density at radius 2 is 0.741 bits per heavy atom. The number of hydrogen-bond donors (Lipinski definition) is 0. The molecule has 4 aromatic heterocycles. The molecular weight excluding hydrogens is 709 g/mol. The van der Waals surface area contributed by atoms with Gasteiger partial charge in [0.1, 0.15) is 16.7 Å². The molecule has 13 rings (SSSR count). The quantitative estimate of drug-likeness (QED) is 0.180. The minimum atomic E-state index is 0.906. The largest absolute Gasteiger partial charge is 0.456 e. The van der Waals surface area contributed by atoms with Gasteiger partial charge in [0.15, 0.2) is 5.58 Å². The topological polar surface area (TPSA) is 36.1 Å². The van der Waals surface area contributed by atoms with Gasteiger partial charge in [0.2, 0.25) is 0 Å². The van der Waals surface area contributed by atoms with E-state index in [1.54, 1.807) is 0 Å². The van der Waals surface area contributed by atoms with Crippen molar-refractivity contribution in [1.29, 1.82) is 0 Å². The minimum Gasteiger partial charge on any atom is -0.456 e. The highest BCUT2D eigenvalue weighted by Gasteiger charge is 2.19. The first-order valence-electron chi connectivity index (χ1n) is 19.7. The fourth-order valence-electron chi connectivity index (χ4n) is 9.44. The first kappa shape index (κ1) is 31.4. The maximum Gasteiger partial charge on any atom is 0.160 e. The van der Waals surface area contributed by atoms with Crippen molar-refractivity contribution in [2.45, 2.75) is 0 Å². The van der Waals surface area contributed by atoms with Crippen molar-refractivity contribution < 1.29 is 8.83 Å². The highest BCUT2D eigenvalue weighted by Crippen LogP contribution is 2.41. The lowest BCUT2D eigenvalue weighted by Gasteiger charge is -2.11. The Kier molecular flexibility index (Phi) is 6.41. The minimum absolute atomic E-state index is 0.906. The third-order valence-electron chi connectivity index (χ3n) is 12.1. The molecule has 0 saturated carbocycles. The number of fused-ring (bicyclic) bond motifs is 13. The number of para-hydroxylation sites is 4. The third kappa shape index (κ3) is 4.45. The van der Waals surface area contributed by atoms with Gasteiger partial charge in [-0.3, -0.25) is 0 Å². The number of benzene rings is 9. The SMILES string of the molecule is c1ccc2c(c1)oc1ccc(-c3ccc4c(c3)c3ccccc3n4-c3ccc(-c4ccc(-n5c6ccccc6c6ccc7c8ccccc8oc7c65)cc4)cc3)cc12. The summed E-state index contributed by atoms with van der Waals surface area (Å²) in [6.07, 6.45) is 0. The second-order valence-corrected chi connectivity index (χ2v) is 15.3. The van der Waals surface area contributed by atoms with Crippen LogP contribution in [0.3, 0.4) is 0 Å². The summed E-state index contributed by atoms with van der Waals surface area (Å²) in [5.41, 5.74) is 15.2. The van der Waals surface area contributed by atoms with Crippen molar-refractivity contribution in [3.8, 4) is 33.6 Å². The van der Waals surface area contributed by atoms with Crippen LogP contribution in [-0.2, 0) is 0 Å². The van der Waals surface area contributed by atoms with Gasteiger partial charge in [-0.25, -0.2) is 0 Å². The van der Waals surface area contributed by atoms with E-state index in [0.717, 1.165) is 66.3 Å². The van der Waals surface area contributed by atoms with Crippen LogP contribution in [0, 0.1) is 0 Å². The Morgan fingerprint density at radius 1 is 0.276 bits per heavy atom. The molecule has 4 heterocycles. The van der Waals surface area contributed by atoms with E-state index >= 15 is 0 Å². The Bertz CT molecular complexity index is 3780. The molecule has 0 radical (unpaired) electrons. The number of furan rings is 2. The summed E-state index contributed by atoms with van der Waals surface area (Å²) >= 11 is 0. The predicted molar refractivity (Wildman–Crippen MR) is 241 cm³/mol. The van der Waals surface area contributed by atoms with E-state index in [1.807, 2.05) is 18.2 Å². The first-order chi connectivity index (χ1) is 28.7. The van der Waals surface area contributed by atoms with Crippen LogP contribution in [0.1, 0.15) is 0 Å². The summed E-state index contributed by atoms with van der Waals surface area (Å²) in [5.74, 6) is 0. The number of hydrogen-bond acceptors (Lipinski definition) is 2. The van der Waals surface area contributed by atoms with Crippen LogP contribution in [0.25, 0.3) is 121 Å². The Morgan fingerprint density at radius 3 is 1.45 bits per heavy atom. The van der Waals surface area contributed by atoms with E-state index in [1.165, 1.54) is 54.8 Å². The number of aromatic nitrogens is 2. The average molecular weight is 741 g/mol. The van der Waals surface area contributed by atoms with E-state index in [4.69, 9.17) is 8.83 Å². The molecule has 0 atom stereocenters. The monoisotopic (exact) mass is 740 g/mol. The molecule has 4 nitrogen and oxygen atoms in total. The van der Waals surface area contributed by atoms with Gasteiger partial charge in [0, 0.05) is 54.5 Å². The molecule has 0 spiro atoms. The molecule has 58 heavy (non-hydrogen) atoms. The lowest BCUT2D eigenvalue weighted by atomic mass is 10.0. The van der Waals surface area contributed by atoms with Crippen molar-refractivity contribution in [3.05, 3.63) is 194 Å². The highest BCUT2D eigenvalue weighted by molar-refractivity contribution is 6.21. The van der Waals surface area contributed by atoms with Crippen molar-refractivity contribution in [2.75, 3.05) is 0 Å². The molecular formula is C54H32N2O2. The molecule has 0 unspecified atom stereocenters. The van der Waals surface area contributed by atoms with Gasteiger partial charge in [-0.2, -0.15) is 0 Å². The third-order valence-corrected chi connectivity index (χ3v) is 12.1. The van der Waals surface area contributed by atoms with Crippen LogP contribution in [0.2, 0.25) is 0 Å². The smallest absolute Gasteiger partial charge is 0.160 e. The van der Waals surface area contributed by atoms with Gasteiger partial charge in [-0.05, 0) is 101 Å². The van der Waals surface area contributed by atoms with E-state index in [-0.39, 0.29) is 0 Å². The summed E-state index contributed by atoms with van der Waals surface area (Å²) in [7, 11) is 0. The van der Waals surface area contributed by atoms with E-state index in [9.17, 15) is 0 Å². The molecule has 0 aliphatic rings. The summed E-state index contributed by atoms with van der Waals surface area (Å²) in [6, 6.07) is 69.6. The van der Waals surface area contributed by atoms with Crippen molar-refractivity contribution in [2.24, 2.45) is 0 Å². The van der Waals surface area contributed by atoms with Gasteiger partial charge >= 0.3 is 0 Å². The average Bonchev–Trinajstić information content (AvgIpc) is 4.04. The lowest BCUT2D eigenvalue weighted by molar-refractivity contribution is 0.669. The fraction of sp³-hybridized carbons (Fsp3) is 0. The van der Waals surface area contributed by atoms with Crippen LogP contribution < -0.4 is 0 Å². The van der Waals surface area contributed by atoms with Crippen molar-refractivity contribution >= 4 is 87.5 Å². The van der Waals surface area contributed by atoms with Gasteiger partial charge < -0.3 is 18.0 Å². The Balaban J connectivity index is 0.883. The second kappa shape index (κ2) is 11.8. The van der Waals surface area contributed by atoms with Gasteiger partial charge in [0.05, 0.1) is 22.1 Å². The Hall–Kier alpha value is -7.82. The zero-order valence-corrected chi connectivity index (χ0v) is 31.2. The van der Waals surface area contributed by atoms with E-state index in [2.05, 4.69) is 185 Å².